The molecule has 1 heterocycles. The largest absolute Gasteiger partial charge is 0.493 e. The highest BCUT2D eigenvalue weighted by atomic mass is 35.5. The summed E-state index contributed by atoms with van der Waals surface area (Å²) in [6.45, 7) is 0. The molecule has 0 saturated heterocycles. The zero-order valence-electron chi connectivity index (χ0n) is 16.2. The van der Waals surface area contributed by atoms with Crippen LogP contribution < -0.4 is 19.9 Å². The Kier molecular flexibility index (Phi) is 5.90. The van der Waals surface area contributed by atoms with Gasteiger partial charge in [0.25, 0.3) is 15.9 Å². The van der Waals surface area contributed by atoms with E-state index >= 15 is 0 Å². The van der Waals surface area contributed by atoms with Crippen molar-refractivity contribution < 1.29 is 27.4 Å². The fraction of sp³-hybridized carbons (Fsp3) is 0.158. The minimum absolute atomic E-state index is 0.103. The molecule has 1 amide bonds. The van der Waals surface area contributed by atoms with E-state index in [-0.39, 0.29) is 16.3 Å². The maximum atomic E-state index is 13.0. The van der Waals surface area contributed by atoms with Gasteiger partial charge in [0.1, 0.15) is 5.69 Å². The molecule has 11 heteroatoms. The van der Waals surface area contributed by atoms with Crippen LogP contribution in [0.15, 0.2) is 47.4 Å². The van der Waals surface area contributed by atoms with Crippen molar-refractivity contribution in [3.8, 4) is 28.5 Å². The molecule has 0 atom stereocenters. The number of halogens is 1. The Labute approximate surface area is 178 Å². The number of carbonyl (C=O) groups is 1. The second-order valence-electron chi connectivity index (χ2n) is 6.00. The quantitative estimate of drug-likeness (QED) is 0.585. The fourth-order valence-electron chi connectivity index (χ4n) is 2.79. The van der Waals surface area contributed by atoms with Gasteiger partial charge in [-0.25, -0.2) is 0 Å². The lowest BCUT2D eigenvalue weighted by atomic mass is 10.1. The van der Waals surface area contributed by atoms with Gasteiger partial charge in [0.2, 0.25) is 5.75 Å². The van der Waals surface area contributed by atoms with Crippen molar-refractivity contribution in [2.45, 2.75) is 4.90 Å². The molecule has 158 valence electrons. The smallest absolute Gasteiger partial charge is 0.283 e. The summed E-state index contributed by atoms with van der Waals surface area (Å²) in [6, 6.07) is 9.88. The highest BCUT2D eigenvalue weighted by Gasteiger charge is 2.26. The summed E-state index contributed by atoms with van der Waals surface area (Å²) in [5.41, 5.74) is 5.69. The number of rotatable bonds is 7. The number of hydrogen-bond donors (Lipinski definition) is 1. The first-order valence-corrected chi connectivity index (χ1v) is 10.3. The van der Waals surface area contributed by atoms with Gasteiger partial charge < -0.3 is 19.9 Å². The fourth-order valence-corrected chi connectivity index (χ4v) is 4.19. The van der Waals surface area contributed by atoms with E-state index in [1.54, 1.807) is 12.1 Å². The van der Waals surface area contributed by atoms with E-state index in [0.29, 0.717) is 31.9 Å². The molecule has 2 N–H and O–H groups in total. The van der Waals surface area contributed by atoms with Gasteiger partial charge in [-0.2, -0.15) is 13.5 Å². The van der Waals surface area contributed by atoms with Crippen molar-refractivity contribution in [1.29, 1.82) is 0 Å². The minimum atomic E-state index is -4.20. The molecule has 1 aromatic heterocycles. The lowest BCUT2D eigenvalue weighted by Gasteiger charge is -2.13. The Morgan fingerprint density at radius 3 is 2.03 bits per heavy atom. The molecule has 2 aromatic carbocycles. The number of aromatic nitrogens is 2. The zero-order chi connectivity index (χ0) is 22.1. The second kappa shape index (κ2) is 8.25. The number of carbonyl (C=O) groups excluding carboxylic acids is 1. The minimum Gasteiger partial charge on any atom is -0.493 e. The van der Waals surface area contributed by atoms with Crippen molar-refractivity contribution in [2.75, 3.05) is 21.3 Å². The van der Waals surface area contributed by atoms with Crippen LogP contribution in [0.3, 0.4) is 0 Å². The van der Waals surface area contributed by atoms with Crippen LogP contribution >= 0.6 is 11.6 Å². The van der Waals surface area contributed by atoms with E-state index in [0.717, 1.165) is 0 Å². The third kappa shape index (κ3) is 3.79. The lowest BCUT2D eigenvalue weighted by molar-refractivity contribution is 0.0994. The third-order valence-electron chi connectivity index (χ3n) is 4.23. The average molecular weight is 452 g/mol. The normalized spacial score (nSPS) is 11.2. The maximum Gasteiger partial charge on any atom is 0.283 e. The van der Waals surface area contributed by atoms with Crippen molar-refractivity contribution in [3.05, 3.63) is 53.2 Å². The predicted octanol–water partition coefficient (Wildman–Crippen LogP) is 2.57. The molecule has 3 aromatic rings. The number of amides is 1. The summed E-state index contributed by atoms with van der Waals surface area (Å²) in [6.07, 6.45) is 0. The maximum absolute atomic E-state index is 13.0. The highest BCUT2D eigenvalue weighted by molar-refractivity contribution is 7.90. The number of nitrogens with two attached hydrogens (primary N) is 1. The van der Waals surface area contributed by atoms with Gasteiger partial charge in [-0.1, -0.05) is 11.6 Å². The second-order valence-corrected chi connectivity index (χ2v) is 8.20. The van der Waals surface area contributed by atoms with Gasteiger partial charge in [0.05, 0.1) is 31.9 Å². The van der Waals surface area contributed by atoms with Crippen LogP contribution in [0.5, 0.6) is 17.2 Å². The van der Waals surface area contributed by atoms with Crippen LogP contribution in [-0.2, 0) is 10.0 Å². The van der Waals surface area contributed by atoms with Gasteiger partial charge in [-0.15, -0.1) is 4.09 Å². The van der Waals surface area contributed by atoms with Gasteiger partial charge in [0.15, 0.2) is 11.5 Å². The summed E-state index contributed by atoms with van der Waals surface area (Å²) >= 11 is 5.83. The summed E-state index contributed by atoms with van der Waals surface area (Å²) in [4.78, 5) is 11.8. The van der Waals surface area contributed by atoms with E-state index < -0.39 is 15.9 Å². The molecular formula is C19H18ClN3O6S. The topological polar surface area (TPSA) is 123 Å². The van der Waals surface area contributed by atoms with E-state index in [2.05, 4.69) is 5.10 Å². The molecule has 30 heavy (non-hydrogen) atoms. The highest BCUT2D eigenvalue weighted by Crippen LogP contribution is 2.41. The molecule has 9 nitrogen and oxygen atoms in total. The molecule has 0 fully saturated rings. The third-order valence-corrected chi connectivity index (χ3v) is 6.08. The van der Waals surface area contributed by atoms with Gasteiger partial charge in [0, 0.05) is 10.6 Å². The molecule has 0 aliphatic carbocycles. The van der Waals surface area contributed by atoms with Gasteiger partial charge in [-0.05, 0) is 42.5 Å². The van der Waals surface area contributed by atoms with Crippen molar-refractivity contribution >= 4 is 27.5 Å². The first-order chi connectivity index (χ1) is 14.2. The molecule has 0 aliphatic rings. The summed E-state index contributed by atoms with van der Waals surface area (Å²) < 4.78 is 42.6. The molecule has 0 aliphatic heterocycles. The standard InChI is InChI=1S/C19H18ClN3O6S/c1-27-16-8-11(9-17(28-2)18(16)29-3)14-10-15(19(21)24)23(22-14)30(25,26)13-6-4-12(20)5-7-13/h4-10H,1-3H3,(H2,21,24). The van der Waals surface area contributed by atoms with E-state index in [4.69, 9.17) is 31.5 Å². The van der Waals surface area contributed by atoms with Crippen LogP contribution in [0, 0.1) is 0 Å². The first-order valence-electron chi connectivity index (χ1n) is 8.44. The zero-order valence-corrected chi connectivity index (χ0v) is 17.8. The molecule has 3 rings (SSSR count). The van der Waals surface area contributed by atoms with Gasteiger partial charge >= 0.3 is 0 Å². The Bertz CT molecular complexity index is 1180. The van der Waals surface area contributed by atoms with Crippen LogP contribution in [0.4, 0.5) is 0 Å². The monoisotopic (exact) mass is 451 g/mol. The Balaban J connectivity index is 2.21. The molecule has 0 spiro atoms. The number of nitrogens with zero attached hydrogens (tertiary/aromatic N) is 2. The van der Waals surface area contributed by atoms with E-state index in [9.17, 15) is 13.2 Å². The number of primary amides is 1. The molecule has 0 unspecified atom stereocenters. The van der Waals surface area contributed by atoms with E-state index in [1.165, 1.54) is 51.7 Å². The van der Waals surface area contributed by atoms with Crippen molar-refractivity contribution in [2.24, 2.45) is 5.73 Å². The van der Waals surface area contributed by atoms with Crippen LogP contribution in [0.1, 0.15) is 10.5 Å². The summed E-state index contributed by atoms with van der Waals surface area (Å²) in [5, 5.41) is 4.49. The molecular weight excluding hydrogens is 434 g/mol. The van der Waals surface area contributed by atoms with Gasteiger partial charge in [-0.3, -0.25) is 4.79 Å². The average Bonchev–Trinajstić information content (AvgIpc) is 3.19. The van der Waals surface area contributed by atoms with Crippen molar-refractivity contribution in [3.63, 3.8) is 0 Å². The Morgan fingerprint density at radius 1 is 1.00 bits per heavy atom. The van der Waals surface area contributed by atoms with E-state index in [1.807, 2.05) is 0 Å². The molecule has 0 radical (unpaired) electrons. The number of hydrogen-bond acceptors (Lipinski definition) is 7. The SMILES string of the molecule is COc1cc(-c2cc(C(N)=O)n(S(=O)(=O)c3ccc(Cl)cc3)n2)cc(OC)c1OC. The van der Waals surface area contributed by atoms with Crippen LogP contribution in [0.2, 0.25) is 5.02 Å². The Hall–Kier alpha value is -3.24. The predicted molar refractivity (Wildman–Crippen MR) is 110 cm³/mol. The number of ether oxygens (including phenoxy) is 3. The van der Waals surface area contributed by atoms with Crippen LogP contribution in [-0.4, -0.2) is 44.8 Å². The molecule has 0 bridgehead atoms. The molecule has 0 saturated carbocycles. The van der Waals surface area contributed by atoms with Crippen molar-refractivity contribution in [1.82, 2.24) is 9.19 Å². The summed E-state index contributed by atoms with van der Waals surface area (Å²) in [5.74, 6) is 0.0657. The summed E-state index contributed by atoms with van der Waals surface area (Å²) in [7, 11) is 0.141. The lowest BCUT2D eigenvalue weighted by Crippen LogP contribution is -2.23. The number of methoxy groups -OCH3 is 3. The first kappa shape index (κ1) is 21.5. The number of benzene rings is 2. The Morgan fingerprint density at radius 2 is 1.57 bits per heavy atom. The van der Waals surface area contributed by atoms with Crippen LogP contribution in [0.25, 0.3) is 11.3 Å².